The molecule has 0 spiro atoms. The van der Waals surface area contributed by atoms with E-state index in [1.807, 2.05) is 13.8 Å². The molecule has 5 heteroatoms. The third-order valence-electron chi connectivity index (χ3n) is 3.49. The first-order valence-corrected chi connectivity index (χ1v) is 7.13. The van der Waals surface area contributed by atoms with Gasteiger partial charge in [-0.2, -0.15) is 0 Å². The van der Waals surface area contributed by atoms with Crippen molar-refractivity contribution in [2.45, 2.75) is 47.0 Å². The van der Waals surface area contributed by atoms with E-state index in [2.05, 4.69) is 41.4 Å². The van der Waals surface area contributed by atoms with Gasteiger partial charge in [0.05, 0.1) is 11.9 Å². The predicted octanol–water partition coefficient (Wildman–Crippen LogP) is 2.81. The highest BCUT2D eigenvalue weighted by Crippen LogP contribution is 2.19. The van der Waals surface area contributed by atoms with E-state index < -0.39 is 0 Å². The van der Waals surface area contributed by atoms with E-state index >= 15 is 0 Å². The molecule has 0 unspecified atom stereocenters. The van der Waals surface area contributed by atoms with Crippen LogP contribution in [0, 0.1) is 5.41 Å². The molecule has 0 aliphatic carbocycles. The van der Waals surface area contributed by atoms with Crippen molar-refractivity contribution in [3.8, 4) is 0 Å². The topological polar surface area (TPSA) is 66.9 Å². The van der Waals surface area contributed by atoms with Gasteiger partial charge in [-0.1, -0.05) is 34.6 Å². The standard InChI is InChI=1S/C15H26N4O/c1-7-15(4,5)9-18-14(20)12-11(16-6)8-17-13(19-12)10(2)3/h8,10,16H,7,9H2,1-6H3,(H,18,20). The third kappa shape index (κ3) is 4.18. The van der Waals surface area contributed by atoms with Crippen LogP contribution in [0.25, 0.3) is 0 Å². The van der Waals surface area contributed by atoms with E-state index in [1.165, 1.54) is 0 Å². The number of aromatic nitrogens is 2. The first-order chi connectivity index (χ1) is 9.30. The Hall–Kier alpha value is -1.65. The van der Waals surface area contributed by atoms with Crippen LogP contribution in [-0.2, 0) is 0 Å². The lowest BCUT2D eigenvalue weighted by Gasteiger charge is -2.23. The van der Waals surface area contributed by atoms with Crippen LogP contribution in [0.2, 0.25) is 0 Å². The van der Waals surface area contributed by atoms with E-state index in [0.29, 0.717) is 23.8 Å². The molecule has 0 aromatic carbocycles. The number of carbonyl (C=O) groups is 1. The Kier molecular flexibility index (Phi) is 5.48. The van der Waals surface area contributed by atoms with E-state index in [0.717, 1.165) is 6.42 Å². The Morgan fingerprint density at radius 2 is 2.05 bits per heavy atom. The molecule has 1 amide bonds. The predicted molar refractivity (Wildman–Crippen MR) is 82.1 cm³/mol. The summed E-state index contributed by atoms with van der Waals surface area (Å²) in [5.74, 6) is 0.726. The number of amides is 1. The molecule has 1 aromatic rings. The molecule has 1 rings (SSSR count). The van der Waals surface area contributed by atoms with Crippen molar-refractivity contribution in [3.05, 3.63) is 17.7 Å². The van der Waals surface area contributed by atoms with Gasteiger partial charge in [0.15, 0.2) is 5.69 Å². The number of nitrogens with zero attached hydrogens (tertiary/aromatic N) is 2. The van der Waals surface area contributed by atoms with Gasteiger partial charge in [0.25, 0.3) is 5.91 Å². The molecule has 0 aliphatic heterocycles. The smallest absolute Gasteiger partial charge is 0.272 e. The normalized spacial score (nSPS) is 11.6. The van der Waals surface area contributed by atoms with Crippen LogP contribution in [0.1, 0.15) is 63.3 Å². The second-order valence-corrected chi connectivity index (χ2v) is 6.10. The SMILES string of the molecule is CCC(C)(C)CNC(=O)c1nc(C(C)C)ncc1NC. The zero-order chi connectivity index (χ0) is 15.3. The molecule has 0 saturated carbocycles. The zero-order valence-electron chi connectivity index (χ0n) is 13.4. The summed E-state index contributed by atoms with van der Waals surface area (Å²) in [6.07, 6.45) is 2.68. The second kappa shape index (κ2) is 6.68. The largest absolute Gasteiger partial charge is 0.385 e. The molecule has 112 valence electrons. The summed E-state index contributed by atoms with van der Waals surface area (Å²) in [7, 11) is 1.76. The lowest BCUT2D eigenvalue weighted by molar-refractivity contribution is 0.0931. The summed E-state index contributed by atoms with van der Waals surface area (Å²) in [5.41, 5.74) is 1.16. The Labute approximate surface area is 121 Å². The summed E-state index contributed by atoms with van der Waals surface area (Å²) < 4.78 is 0. The molecule has 0 atom stereocenters. The minimum absolute atomic E-state index is 0.0867. The van der Waals surface area contributed by atoms with Crippen LogP contribution in [0.5, 0.6) is 0 Å². The molecular formula is C15H26N4O. The fourth-order valence-electron chi connectivity index (χ4n) is 1.56. The fourth-order valence-corrected chi connectivity index (χ4v) is 1.56. The molecule has 0 fully saturated rings. The minimum atomic E-state index is -0.153. The number of hydrogen-bond donors (Lipinski definition) is 2. The molecular weight excluding hydrogens is 252 g/mol. The maximum Gasteiger partial charge on any atom is 0.272 e. The molecule has 0 bridgehead atoms. The van der Waals surface area contributed by atoms with E-state index in [-0.39, 0.29) is 17.2 Å². The number of carbonyl (C=O) groups excluding carboxylic acids is 1. The average Bonchev–Trinajstić information content (AvgIpc) is 2.44. The van der Waals surface area contributed by atoms with Crippen molar-refractivity contribution in [2.24, 2.45) is 5.41 Å². The van der Waals surface area contributed by atoms with E-state index in [9.17, 15) is 4.79 Å². The van der Waals surface area contributed by atoms with Gasteiger partial charge < -0.3 is 10.6 Å². The first kappa shape index (κ1) is 16.4. The maximum atomic E-state index is 12.3. The van der Waals surface area contributed by atoms with Gasteiger partial charge in [-0.25, -0.2) is 9.97 Å². The number of anilines is 1. The monoisotopic (exact) mass is 278 g/mol. The van der Waals surface area contributed by atoms with Gasteiger partial charge in [-0.05, 0) is 11.8 Å². The summed E-state index contributed by atoms with van der Waals surface area (Å²) in [6.45, 7) is 11.0. The van der Waals surface area contributed by atoms with Crippen LogP contribution in [0.15, 0.2) is 6.20 Å². The van der Waals surface area contributed by atoms with Gasteiger partial charge in [0.1, 0.15) is 5.82 Å². The van der Waals surface area contributed by atoms with Crippen LogP contribution < -0.4 is 10.6 Å². The Bertz CT molecular complexity index is 469. The summed E-state index contributed by atoms with van der Waals surface area (Å²) in [6, 6.07) is 0. The van der Waals surface area contributed by atoms with Gasteiger partial charge in [-0.15, -0.1) is 0 Å². The van der Waals surface area contributed by atoms with E-state index in [1.54, 1.807) is 13.2 Å². The molecule has 2 N–H and O–H groups in total. The van der Waals surface area contributed by atoms with Gasteiger partial charge in [-0.3, -0.25) is 4.79 Å². The zero-order valence-corrected chi connectivity index (χ0v) is 13.4. The quantitative estimate of drug-likeness (QED) is 0.839. The van der Waals surface area contributed by atoms with Crippen molar-refractivity contribution in [2.75, 3.05) is 18.9 Å². The molecule has 1 aromatic heterocycles. The van der Waals surface area contributed by atoms with Gasteiger partial charge in [0, 0.05) is 19.5 Å². The van der Waals surface area contributed by atoms with E-state index in [4.69, 9.17) is 0 Å². The summed E-state index contributed by atoms with van der Waals surface area (Å²) in [4.78, 5) is 21.0. The molecule has 0 radical (unpaired) electrons. The van der Waals surface area contributed by atoms with Gasteiger partial charge in [0.2, 0.25) is 0 Å². The van der Waals surface area contributed by atoms with Crippen molar-refractivity contribution < 1.29 is 4.79 Å². The van der Waals surface area contributed by atoms with Crippen molar-refractivity contribution in [3.63, 3.8) is 0 Å². The highest BCUT2D eigenvalue weighted by molar-refractivity contribution is 5.97. The van der Waals surface area contributed by atoms with Crippen LogP contribution >= 0.6 is 0 Å². The molecule has 0 saturated heterocycles. The third-order valence-corrected chi connectivity index (χ3v) is 3.49. The summed E-state index contributed by atoms with van der Waals surface area (Å²) in [5, 5.41) is 5.93. The van der Waals surface area contributed by atoms with Crippen molar-refractivity contribution in [1.82, 2.24) is 15.3 Å². The highest BCUT2D eigenvalue weighted by atomic mass is 16.1. The number of rotatable bonds is 6. The molecule has 20 heavy (non-hydrogen) atoms. The Morgan fingerprint density at radius 1 is 1.40 bits per heavy atom. The van der Waals surface area contributed by atoms with Crippen LogP contribution in [0.4, 0.5) is 5.69 Å². The van der Waals surface area contributed by atoms with Crippen LogP contribution in [-0.4, -0.2) is 29.5 Å². The maximum absolute atomic E-state index is 12.3. The Morgan fingerprint density at radius 3 is 2.55 bits per heavy atom. The minimum Gasteiger partial charge on any atom is -0.385 e. The molecule has 0 aliphatic rings. The average molecular weight is 278 g/mol. The molecule has 1 heterocycles. The molecule has 5 nitrogen and oxygen atoms in total. The fraction of sp³-hybridized carbons (Fsp3) is 0.667. The van der Waals surface area contributed by atoms with Gasteiger partial charge >= 0.3 is 0 Å². The number of hydrogen-bond acceptors (Lipinski definition) is 4. The number of nitrogens with one attached hydrogen (secondary N) is 2. The first-order valence-electron chi connectivity index (χ1n) is 7.13. The Balaban J connectivity index is 2.93. The highest BCUT2D eigenvalue weighted by Gasteiger charge is 2.20. The lowest BCUT2D eigenvalue weighted by atomic mass is 9.90. The summed E-state index contributed by atoms with van der Waals surface area (Å²) >= 11 is 0. The second-order valence-electron chi connectivity index (χ2n) is 6.10. The lowest BCUT2D eigenvalue weighted by Crippen LogP contribution is -2.34. The van der Waals surface area contributed by atoms with Crippen molar-refractivity contribution >= 4 is 11.6 Å². The van der Waals surface area contributed by atoms with Crippen LogP contribution in [0.3, 0.4) is 0 Å². The van der Waals surface area contributed by atoms with Crippen molar-refractivity contribution in [1.29, 1.82) is 0 Å².